The van der Waals surface area contributed by atoms with Gasteiger partial charge in [0.05, 0.1) is 17.9 Å². The van der Waals surface area contributed by atoms with Crippen molar-refractivity contribution in [3.63, 3.8) is 0 Å². The number of nitrogen functional groups attached to an aromatic ring is 1. The fourth-order valence-electron chi connectivity index (χ4n) is 2.18. The van der Waals surface area contributed by atoms with Gasteiger partial charge in [0.25, 0.3) is 0 Å². The molecule has 0 bridgehead atoms. The van der Waals surface area contributed by atoms with Crippen LogP contribution in [0.25, 0.3) is 0 Å². The molecule has 0 saturated carbocycles. The number of carbonyl (C=O) groups is 1. The second-order valence-electron chi connectivity index (χ2n) is 4.87. The third-order valence-corrected chi connectivity index (χ3v) is 5.04. The average Bonchev–Trinajstić information content (AvgIpc) is 2.35. The Balaban J connectivity index is 1.87. The van der Waals surface area contributed by atoms with E-state index in [2.05, 4.69) is 5.32 Å². The molecule has 0 aliphatic carbocycles. The molecular weight excluding hydrogens is 264 g/mol. The third-order valence-electron chi connectivity index (χ3n) is 3.33. The Morgan fingerprint density at radius 1 is 1.26 bits per heavy atom. The van der Waals surface area contributed by atoms with Crippen LogP contribution in [0.1, 0.15) is 18.4 Å². The van der Waals surface area contributed by atoms with Gasteiger partial charge < -0.3 is 11.1 Å². The van der Waals surface area contributed by atoms with E-state index in [0.717, 1.165) is 5.56 Å². The molecule has 1 heterocycles. The second kappa shape index (κ2) is 5.61. The van der Waals surface area contributed by atoms with Crippen molar-refractivity contribution in [2.24, 2.45) is 0 Å². The molecule has 1 aromatic carbocycles. The summed E-state index contributed by atoms with van der Waals surface area (Å²) in [6.45, 7) is 0. The summed E-state index contributed by atoms with van der Waals surface area (Å²) in [4.78, 5) is 11.9. The first-order valence-corrected chi connectivity index (χ1v) is 8.11. The lowest BCUT2D eigenvalue weighted by Gasteiger charge is -2.23. The lowest BCUT2D eigenvalue weighted by atomic mass is 10.1. The number of para-hydroxylation sites is 1. The summed E-state index contributed by atoms with van der Waals surface area (Å²) < 4.78 is 22.6. The Morgan fingerprint density at radius 2 is 1.89 bits per heavy atom. The van der Waals surface area contributed by atoms with Gasteiger partial charge >= 0.3 is 0 Å². The number of rotatable bonds is 3. The molecule has 5 nitrogen and oxygen atoms in total. The zero-order valence-corrected chi connectivity index (χ0v) is 11.4. The number of sulfone groups is 1. The van der Waals surface area contributed by atoms with E-state index in [-0.39, 0.29) is 29.9 Å². The van der Waals surface area contributed by atoms with Crippen molar-refractivity contribution < 1.29 is 13.2 Å². The maximum Gasteiger partial charge on any atom is 0.224 e. The highest BCUT2D eigenvalue weighted by atomic mass is 32.2. The van der Waals surface area contributed by atoms with Gasteiger partial charge in [0.1, 0.15) is 9.84 Å². The highest BCUT2D eigenvalue weighted by Crippen LogP contribution is 2.14. The predicted molar refractivity (Wildman–Crippen MR) is 74.4 cm³/mol. The van der Waals surface area contributed by atoms with Crippen LogP contribution in [-0.2, 0) is 21.1 Å². The first-order chi connectivity index (χ1) is 8.96. The quantitative estimate of drug-likeness (QED) is 0.790. The largest absolute Gasteiger partial charge is 0.398 e. The Hall–Kier alpha value is -1.56. The smallest absolute Gasteiger partial charge is 0.224 e. The molecule has 0 unspecified atom stereocenters. The van der Waals surface area contributed by atoms with Gasteiger partial charge in [0.2, 0.25) is 5.91 Å². The molecule has 6 heteroatoms. The first kappa shape index (κ1) is 13.9. The normalized spacial score (nSPS) is 18.9. The monoisotopic (exact) mass is 282 g/mol. The van der Waals surface area contributed by atoms with Gasteiger partial charge in [0.15, 0.2) is 0 Å². The van der Waals surface area contributed by atoms with E-state index in [1.54, 1.807) is 6.07 Å². The van der Waals surface area contributed by atoms with Gasteiger partial charge in [-0.1, -0.05) is 18.2 Å². The summed E-state index contributed by atoms with van der Waals surface area (Å²) in [5.41, 5.74) is 7.17. The fraction of sp³-hybridized carbons (Fsp3) is 0.462. The number of carbonyl (C=O) groups excluding carboxylic acids is 1. The highest BCUT2D eigenvalue weighted by Gasteiger charge is 2.24. The van der Waals surface area contributed by atoms with Crippen LogP contribution >= 0.6 is 0 Å². The Bertz CT molecular complexity index is 555. The van der Waals surface area contributed by atoms with Crippen LogP contribution < -0.4 is 11.1 Å². The molecule has 3 N–H and O–H groups in total. The van der Waals surface area contributed by atoms with Crippen LogP contribution in [0.4, 0.5) is 5.69 Å². The summed E-state index contributed by atoms with van der Waals surface area (Å²) in [5.74, 6) is 0.207. The lowest BCUT2D eigenvalue weighted by molar-refractivity contribution is -0.121. The topological polar surface area (TPSA) is 89.3 Å². The summed E-state index contributed by atoms with van der Waals surface area (Å²) >= 11 is 0. The molecule has 104 valence electrons. The number of amides is 1. The van der Waals surface area contributed by atoms with Crippen LogP contribution in [0, 0.1) is 0 Å². The van der Waals surface area contributed by atoms with E-state index in [9.17, 15) is 13.2 Å². The second-order valence-corrected chi connectivity index (χ2v) is 7.17. The standard InChI is InChI=1S/C13H18N2O3S/c14-12-4-2-1-3-10(12)9-13(16)15-11-5-7-19(17,18)8-6-11/h1-4,11H,5-9,14H2,(H,15,16). The van der Waals surface area contributed by atoms with E-state index in [0.29, 0.717) is 18.5 Å². The van der Waals surface area contributed by atoms with E-state index in [1.807, 2.05) is 18.2 Å². The molecule has 0 aromatic heterocycles. The van der Waals surface area contributed by atoms with Crippen LogP contribution in [0.5, 0.6) is 0 Å². The van der Waals surface area contributed by atoms with Crippen LogP contribution in [0.2, 0.25) is 0 Å². The molecule has 0 radical (unpaired) electrons. The maximum absolute atomic E-state index is 11.9. The first-order valence-electron chi connectivity index (χ1n) is 6.29. The van der Waals surface area contributed by atoms with Gasteiger partial charge in [-0.3, -0.25) is 4.79 Å². The molecule has 2 rings (SSSR count). The van der Waals surface area contributed by atoms with Gasteiger partial charge in [-0.25, -0.2) is 8.42 Å². The molecule has 1 saturated heterocycles. The molecule has 1 aromatic rings. The lowest BCUT2D eigenvalue weighted by Crippen LogP contribution is -2.41. The number of nitrogens with one attached hydrogen (secondary N) is 1. The van der Waals surface area contributed by atoms with Crippen molar-refractivity contribution in [3.8, 4) is 0 Å². The van der Waals surface area contributed by atoms with Crippen molar-refractivity contribution in [2.45, 2.75) is 25.3 Å². The van der Waals surface area contributed by atoms with Crippen molar-refractivity contribution >= 4 is 21.4 Å². The number of nitrogens with two attached hydrogens (primary N) is 1. The maximum atomic E-state index is 11.9. The van der Waals surface area contributed by atoms with Gasteiger partial charge in [-0.05, 0) is 24.5 Å². The minimum Gasteiger partial charge on any atom is -0.398 e. The van der Waals surface area contributed by atoms with Gasteiger partial charge in [0, 0.05) is 11.7 Å². The predicted octanol–water partition coefficient (Wildman–Crippen LogP) is 0.505. The van der Waals surface area contributed by atoms with E-state index < -0.39 is 9.84 Å². The van der Waals surface area contributed by atoms with Crippen molar-refractivity contribution in [1.82, 2.24) is 5.32 Å². The zero-order chi connectivity index (χ0) is 13.9. The van der Waals surface area contributed by atoms with Crippen LogP contribution in [0.3, 0.4) is 0 Å². The van der Waals surface area contributed by atoms with Crippen molar-refractivity contribution in [3.05, 3.63) is 29.8 Å². The summed E-state index contributed by atoms with van der Waals surface area (Å²) in [6, 6.07) is 7.20. The van der Waals surface area contributed by atoms with Gasteiger partial charge in [-0.15, -0.1) is 0 Å². The zero-order valence-electron chi connectivity index (χ0n) is 10.6. The van der Waals surface area contributed by atoms with E-state index in [1.165, 1.54) is 0 Å². The molecule has 1 fully saturated rings. The Labute approximate surface area is 113 Å². The van der Waals surface area contributed by atoms with Gasteiger partial charge in [-0.2, -0.15) is 0 Å². The van der Waals surface area contributed by atoms with E-state index in [4.69, 9.17) is 5.73 Å². The van der Waals surface area contributed by atoms with Crippen LogP contribution in [0.15, 0.2) is 24.3 Å². The van der Waals surface area contributed by atoms with Crippen molar-refractivity contribution in [1.29, 1.82) is 0 Å². The van der Waals surface area contributed by atoms with Crippen LogP contribution in [-0.4, -0.2) is 31.9 Å². The molecule has 19 heavy (non-hydrogen) atoms. The molecule has 1 aliphatic heterocycles. The molecule has 0 atom stereocenters. The summed E-state index contributed by atoms with van der Waals surface area (Å²) in [6.07, 6.45) is 1.23. The Kier molecular flexibility index (Phi) is 4.09. The molecular formula is C13H18N2O3S. The van der Waals surface area contributed by atoms with E-state index >= 15 is 0 Å². The minimum atomic E-state index is -2.89. The fourth-order valence-corrected chi connectivity index (χ4v) is 3.67. The summed E-state index contributed by atoms with van der Waals surface area (Å²) in [5, 5.41) is 2.87. The minimum absolute atomic E-state index is 0.0408. The SMILES string of the molecule is Nc1ccccc1CC(=O)NC1CCS(=O)(=O)CC1. The average molecular weight is 282 g/mol. The van der Waals surface area contributed by atoms with Crippen molar-refractivity contribution in [2.75, 3.05) is 17.2 Å². The number of benzene rings is 1. The number of hydrogen-bond donors (Lipinski definition) is 2. The Morgan fingerprint density at radius 3 is 2.53 bits per heavy atom. The molecule has 1 amide bonds. The number of anilines is 1. The third kappa shape index (κ3) is 3.96. The summed E-state index contributed by atoms with van der Waals surface area (Å²) in [7, 11) is -2.89. The molecule has 1 aliphatic rings. The molecule has 0 spiro atoms. The number of hydrogen-bond acceptors (Lipinski definition) is 4. The highest BCUT2D eigenvalue weighted by molar-refractivity contribution is 7.91.